The van der Waals surface area contributed by atoms with Gasteiger partial charge in [0, 0.05) is 35.1 Å². The molecule has 1 fully saturated rings. The third-order valence-corrected chi connectivity index (χ3v) is 11.1. The van der Waals surface area contributed by atoms with Crippen LogP contribution in [0.25, 0.3) is 10.9 Å². The second-order valence-electron chi connectivity index (χ2n) is 10.00. The molecule has 0 amide bonds. The van der Waals surface area contributed by atoms with Gasteiger partial charge in [-0.1, -0.05) is 48.7 Å². The number of fused-ring (bicyclic) bond motifs is 1. The fourth-order valence-electron chi connectivity index (χ4n) is 5.47. The van der Waals surface area contributed by atoms with Crippen molar-refractivity contribution in [2.24, 2.45) is 5.92 Å². The highest BCUT2D eigenvalue weighted by molar-refractivity contribution is 7.93. The first-order valence-electron chi connectivity index (χ1n) is 13.1. The normalized spacial score (nSPS) is 18.9. The molecule has 0 aliphatic heterocycles. The van der Waals surface area contributed by atoms with E-state index in [0.29, 0.717) is 10.1 Å². The van der Waals surface area contributed by atoms with Gasteiger partial charge in [0.25, 0.3) is 0 Å². The smallest absolute Gasteiger partial charge is 0.188 e. The molecule has 0 spiro atoms. The van der Waals surface area contributed by atoms with E-state index < -0.39 is 9.84 Å². The van der Waals surface area contributed by atoms with E-state index >= 15 is 0 Å². The molecule has 1 aliphatic carbocycles. The van der Waals surface area contributed by atoms with E-state index in [2.05, 4.69) is 11.1 Å². The van der Waals surface area contributed by atoms with Crippen LogP contribution in [0.5, 0.6) is 0 Å². The molecule has 0 saturated heterocycles. The van der Waals surface area contributed by atoms with E-state index in [0.717, 1.165) is 90.8 Å². The summed E-state index contributed by atoms with van der Waals surface area (Å²) in [6, 6.07) is 13.5. The van der Waals surface area contributed by atoms with Gasteiger partial charge in [-0.05, 0) is 73.6 Å². The molecule has 0 atom stereocenters. The molecule has 8 heteroatoms. The predicted octanol–water partition coefficient (Wildman–Crippen LogP) is 7.44. The van der Waals surface area contributed by atoms with Gasteiger partial charge in [-0.3, -0.25) is 4.98 Å². The first-order chi connectivity index (χ1) is 18.0. The number of hydrogen-bond acceptors (Lipinski definition) is 6. The average molecular weight is 554 g/mol. The standard InChI is InChI=1S/C29H32ClN3O2S2/c30-25-13-2-1-9-22(25)10-5-14-27-32-19-24-26(33-27)16-17-31-29(24)23-11-3-7-21(8-4-12-23)20-37(34,35)28-15-6-18-36-28/h1-2,6,9,13,15-19,21,23H,3-5,7-8,10-12,14,20H2. The maximum absolute atomic E-state index is 12.8. The van der Waals surface area contributed by atoms with E-state index in [-0.39, 0.29) is 11.7 Å². The maximum Gasteiger partial charge on any atom is 0.188 e. The quantitative estimate of drug-likeness (QED) is 0.226. The highest BCUT2D eigenvalue weighted by Crippen LogP contribution is 2.35. The number of thiophene rings is 1. The summed E-state index contributed by atoms with van der Waals surface area (Å²) in [5, 5.41) is 3.69. The van der Waals surface area contributed by atoms with Crippen molar-refractivity contribution >= 4 is 43.7 Å². The Kier molecular flexibility index (Phi) is 8.53. The summed E-state index contributed by atoms with van der Waals surface area (Å²) in [6.45, 7) is 0. The maximum atomic E-state index is 12.8. The van der Waals surface area contributed by atoms with Crippen LogP contribution in [0.4, 0.5) is 0 Å². The summed E-state index contributed by atoms with van der Waals surface area (Å²) < 4.78 is 26.0. The lowest BCUT2D eigenvalue weighted by Crippen LogP contribution is -2.18. The van der Waals surface area contributed by atoms with Gasteiger partial charge in [-0.2, -0.15) is 0 Å². The number of benzene rings is 1. The molecule has 3 aromatic heterocycles. The van der Waals surface area contributed by atoms with Crippen molar-refractivity contribution in [1.29, 1.82) is 0 Å². The Morgan fingerprint density at radius 3 is 2.51 bits per heavy atom. The van der Waals surface area contributed by atoms with Crippen LogP contribution in [-0.2, 0) is 22.7 Å². The van der Waals surface area contributed by atoms with Crippen molar-refractivity contribution in [2.75, 3.05) is 5.75 Å². The second kappa shape index (κ2) is 12.0. The molecule has 1 saturated carbocycles. The van der Waals surface area contributed by atoms with Crippen molar-refractivity contribution in [1.82, 2.24) is 15.0 Å². The van der Waals surface area contributed by atoms with Crippen LogP contribution in [0.1, 0.15) is 67.9 Å². The third kappa shape index (κ3) is 6.57. The molecule has 3 heterocycles. The van der Waals surface area contributed by atoms with E-state index in [1.165, 1.54) is 11.3 Å². The van der Waals surface area contributed by atoms with Crippen LogP contribution in [0.15, 0.2) is 64.4 Å². The SMILES string of the molecule is O=S(=O)(CC1CCCC(c2nccc3nc(CCCc4ccccc4Cl)ncc23)CCC1)c1cccs1. The lowest BCUT2D eigenvalue weighted by Gasteiger charge is -2.24. The van der Waals surface area contributed by atoms with Gasteiger partial charge in [0.15, 0.2) is 9.84 Å². The largest absolute Gasteiger partial charge is 0.260 e. The first kappa shape index (κ1) is 26.3. The monoisotopic (exact) mass is 553 g/mol. The molecular formula is C29H32ClN3O2S2. The topological polar surface area (TPSA) is 72.8 Å². The Morgan fingerprint density at radius 1 is 0.946 bits per heavy atom. The number of aryl methyl sites for hydroxylation is 2. The van der Waals surface area contributed by atoms with Gasteiger partial charge in [0.05, 0.1) is 17.0 Å². The molecule has 0 bridgehead atoms. The van der Waals surface area contributed by atoms with E-state index in [1.807, 2.05) is 48.1 Å². The zero-order chi connectivity index (χ0) is 25.7. The van der Waals surface area contributed by atoms with Crippen molar-refractivity contribution in [3.05, 3.63) is 82.3 Å². The van der Waals surface area contributed by atoms with E-state index in [9.17, 15) is 8.42 Å². The van der Waals surface area contributed by atoms with Gasteiger partial charge in [0.2, 0.25) is 0 Å². The van der Waals surface area contributed by atoms with Crippen molar-refractivity contribution in [3.8, 4) is 0 Å². The molecule has 1 aromatic carbocycles. The van der Waals surface area contributed by atoms with Crippen LogP contribution in [0.3, 0.4) is 0 Å². The lowest BCUT2D eigenvalue weighted by molar-refractivity contribution is 0.376. The minimum Gasteiger partial charge on any atom is -0.260 e. The van der Waals surface area contributed by atoms with Crippen LogP contribution >= 0.6 is 22.9 Å². The number of rotatable bonds is 8. The Balaban J connectivity index is 1.21. The van der Waals surface area contributed by atoms with E-state index in [4.69, 9.17) is 21.6 Å². The summed E-state index contributed by atoms with van der Waals surface area (Å²) in [7, 11) is -3.19. The Labute approximate surface area is 228 Å². The predicted molar refractivity (Wildman–Crippen MR) is 151 cm³/mol. The zero-order valence-corrected chi connectivity index (χ0v) is 23.2. The summed E-state index contributed by atoms with van der Waals surface area (Å²) in [5.41, 5.74) is 3.20. The van der Waals surface area contributed by atoms with Crippen LogP contribution < -0.4 is 0 Å². The molecule has 4 aromatic rings. The minimum atomic E-state index is -3.19. The van der Waals surface area contributed by atoms with Crippen molar-refractivity contribution in [3.63, 3.8) is 0 Å². The van der Waals surface area contributed by atoms with Gasteiger partial charge in [-0.25, -0.2) is 18.4 Å². The molecule has 5 nitrogen and oxygen atoms in total. The van der Waals surface area contributed by atoms with E-state index in [1.54, 1.807) is 6.07 Å². The fourth-order valence-corrected chi connectivity index (χ4v) is 8.51. The Hall–Kier alpha value is -2.35. The molecule has 37 heavy (non-hydrogen) atoms. The molecule has 0 radical (unpaired) electrons. The average Bonchev–Trinajstić information content (AvgIpc) is 3.43. The van der Waals surface area contributed by atoms with Gasteiger partial charge < -0.3 is 0 Å². The summed E-state index contributed by atoms with van der Waals surface area (Å²) >= 11 is 7.61. The van der Waals surface area contributed by atoms with Gasteiger partial charge in [0.1, 0.15) is 10.0 Å². The third-order valence-electron chi connectivity index (χ3n) is 7.37. The number of nitrogens with zero attached hydrogens (tertiary/aromatic N) is 3. The van der Waals surface area contributed by atoms with Crippen molar-refractivity contribution in [2.45, 2.75) is 67.9 Å². The summed E-state index contributed by atoms with van der Waals surface area (Å²) in [5.74, 6) is 1.69. The number of halogens is 1. The van der Waals surface area contributed by atoms with Crippen molar-refractivity contribution < 1.29 is 8.42 Å². The molecular weight excluding hydrogens is 522 g/mol. The number of pyridine rings is 1. The Bertz CT molecular complexity index is 1430. The summed E-state index contributed by atoms with van der Waals surface area (Å²) in [4.78, 5) is 14.3. The van der Waals surface area contributed by atoms with Crippen LogP contribution in [0, 0.1) is 5.92 Å². The highest BCUT2D eigenvalue weighted by atomic mass is 35.5. The van der Waals surface area contributed by atoms with Crippen LogP contribution in [0.2, 0.25) is 5.02 Å². The zero-order valence-electron chi connectivity index (χ0n) is 20.9. The highest BCUT2D eigenvalue weighted by Gasteiger charge is 2.26. The molecule has 1 aliphatic rings. The Morgan fingerprint density at radius 2 is 1.76 bits per heavy atom. The number of hydrogen-bond donors (Lipinski definition) is 0. The van der Waals surface area contributed by atoms with Crippen LogP contribution in [-0.4, -0.2) is 29.1 Å². The number of sulfone groups is 1. The second-order valence-corrected chi connectivity index (χ2v) is 13.6. The number of aromatic nitrogens is 3. The molecule has 194 valence electrons. The molecule has 0 N–H and O–H groups in total. The van der Waals surface area contributed by atoms with Gasteiger partial charge in [-0.15, -0.1) is 11.3 Å². The molecule has 0 unspecified atom stereocenters. The fraction of sp³-hybridized carbons (Fsp3) is 0.414. The molecule has 5 rings (SSSR count). The van der Waals surface area contributed by atoms with Gasteiger partial charge >= 0.3 is 0 Å². The first-order valence-corrected chi connectivity index (χ1v) is 16.0. The minimum absolute atomic E-state index is 0.227. The summed E-state index contributed by atoms with van der Waals surface area (Å²) in [6.07, 6.45) is 12.4. The lowest BCUT2D eigenvalue weighted by atomic mass is 9.84.